The fourth-order valence-electron chi connectivity index (χ4n) is 2.14. The molecule has 0 saturated heterocycles. The first-order valence-corrected chi connectivity index (χ1v) is 7.18. The minimum atomic E-state index is -0.675. The largest absolute Gasteiger partial charge is 0.383 e. The summed E-state index contributed by atoms with van der Waals surface area (Å²) in [5, 5.41) is 0. The molecular weight excluding hydrogens is 252 g/mol. The number of unbranched alkanes of at least 4 members (excludes halogenated alkanes) is 5. The van der Waals surface area contributed by atoms with Gasteiger partial charge in [0.2, 0.25) is 5.82 Å². The van der Waals surface area contributed by atoms with Gasteiger partial charge >= 0.3 is 0 Å². The molecule has 110 valence electrons. The van der Waals surface area contributed by atoms with Gasteiger partial charge in [-0.2, -0.15) is 0 Å². The van der Waals surface area contributed by atoms with Gasteiger partial charge in [-0.1, -0.05) is 45.6 Å². The molecule has 1 aromatic rings. The molecule has 0 atom stereocenters. The first-order chi connectivity index (χ1) is 9.60. The Hall–Kier alpha value is -1.91. The Labute approximate surface area is 120 Å². The van der Waals surface area contributed by atoms with Crippen LogP contribution in [0.2, 0.25) is 0 Å². The van der Waals surface area contributed by atoms with Crippen molar-refractivity contribution in [1.29, 1.82) is 0 Å². The van der Waals surface area contributed by atoms with Gasteiger partial charge in [0.05, 0.1) is 5.69 Å². The average Bonchev–Trinajstić information content (AvgIpc) is 2.43. The van der Waals surface area contributed by atoms with Crippen LogP contribution >= 0.6 is 0 Å². The van der Waals surface area contributed by atoms with Crippen LogP contribution in [0.1, 0.15) is 67.3 Å². The summed E-state index contributed by atoms with van der Waals surface area (Å²) in [6, 6.07) is 0. The summed E-state index contributed by atoms with van der Waals surface area (Å²) in [5.74, 6) is -0.396. The summed E-state index contributed by atoms with van der Waals surface area (Å²) in [5.41, 5.74) is 12.5. The van der Waals surface area contributed by atoms with E-state index in [1.54, 1.807) is 6.08 Å². The molecule has 0 spiro atoms. The molecule has 5 nitrogen and oxygen atoms in total. The Balaban J connectivity index is 2.65. The normalized spacial score (nSPS) is 10.4. The summed E-state index contributed by atoms with van der Waals surface area (Å²) in [6.45, 7) is 5.91. The molecule has 20 heavy (non-hydrogen) atoms. The number of anilines is 1. The second kappa shape index (κ2) is 8.30. The standard InChI is InChI=1S/C15H24N4O/c1-3-5-6-7-8-9-10-11-12(4-2)18-15(14(17)20)19-13(11)16/h4H,2-3,5-10H2,1H3,(H2,17,20)(H2,16,18,19). The lowest BCUT2D eigenvalue weighted by molar-refractivity contribution is 0.0990. The van der Waals surface area contributed by atoms with Crippen molar-refractivity contribution in [3.8, 4) is 0 Å². The van der Waals surface area contributed by atoms with Crippen LogP contribution in [-0.4, -0.2) is 15.9 Å². The van der Waals surface area contributed by atoms with Crippen LogP contribution in [0, 0.1) is 0 Å². The van der Waals surface area contributed by atoms with E-state index in [-0.39, 0.29) is 5.82 Å². The van der Waals surface area contributed by atoms with Gasteiger partial charge in [0.15, 0.2) is 0 Å². The number of nitrogens with zero attached hydrogens (tertiary/aromatic N) is 2. The molecule has 4 N–H and O–H groups in total. The lowest BCUT2D eigenvalue weighted by Gasteiger charge is -2.09. The van der Waals surface area contributed by atoms with Crippen LogP contribution in [0.3, 0.4) is 0 Å². The van der Waals surface area contributed by atoms with Crippen molar-refractivity contribution in [2.75, 3.05) is 5.73 Å². The minimum absolute atomic E-state index is 0.0518. The van der Waals surface area contributed by atoms with Gasteiger partial charge in [0.1, 0.15) is 5.82 Å². The van der Waals surface area contributed by atoms with E-state index in [0.29, 0.717) is 11.5 Å². The van der Waals surface area contributed by atoms with Crippen molar-refractivity contribution in [3.63, 3.8) is 0 Å². The zero-order chi connectivity index (χ0) is 15.0. The van der Waals surface area contributed by atoms with E-state index in [4.69, 9.17) is 11.5 Å². The zero-order valence-corrected chi connectivity index (χ0v) is 12.2. The summed E-state index contributed by atoms with van der Waals surface area (Å²) in [6.07, 6.45) is 9.64. The Morgan fingerprint density at radius 2 is 1.85 bits per heavy atom. The Morgan fingerprint density at radius 3 is 2.45 bits per heavy atom. The molecule has 0 unspecified atom stereocenters. The van der Waals surface area contributed by atoms with Gasteiger partial charge in [0.25, 0.3) is 5.91 Å². The number of carbonyl (C=O) groups is 1. The van der Waals surface area contributed by atoms with Crippen molar-refractivity contribution in [2.24, 2.45) is 5.73 Å². The van der Waals surface area contributed by atoms with E-state index in [2.05, 4.69) is 23.5 Å². The van der Waals surface area contributed by atoms with Crippen LogP contribution in [0.5, 0.6) is 0 Å². The molecule has 1 amide bonds. The highest BCUT2D eigenvalue weighted by molar-refractivity contribution is 5.89. The smallest absolute Gasteiger partial charge is 0.286 e. The highest BCUT2D eigenvalue weighted by Gasteiger charge is 2.13. The fourth-order valence-corrected chi connectivity index (χ4v) is 2.14. The first kappa shape index (κ1) is 16.1. The van der Waals surface area contributed by atoms with E-state index in [9.17, 15) is 4.79 Å². The fraction of sp³-hybridized carbons (Fsp3) is 0.533. The maximum atomic E-state index is 11.1. The SMILES string of the molecule is C=Cc1nc(C(N)=O)nc(N)c1CCCCCCCC. The highest BCUT2D eigenvalue weighted by Crippen LogP contribution is 2.18. The number of hydrogen-bond acceptors (Lipinski definition) is 4. The topological polar surface area (TPSA) is 94.9 Å². The summed E-state index contributed by atoms with van der Waals surface area (Å²) >= 11 is 0. The number of nitrogen functional groups attached to an aromatic ring is 1. The second-order valence-electron chi connectivity index (χ2n) is 4.88. The van der Waals surface area contributed by atoms with Crippen LogP contribution in [0.15, 0.2) is 6.58 Å². The summed E-state index contributed by atoms with van der Waals surface area (Å²) in [4.78, 5) is 19.2. The molecule has 0 aliphatic carbocycles. The molecule has 5 heteroatoms. The number of aromatic nitrogens is 2. The lowest BCUT2D eigenvalue weighted by Crippen LogP contribution is -2.18. The molecule has 0 aliphatic rings. The predicted octanol–water partition coefficient (Wildman–Crippen LogP) is 2.70. The van der Waals surface area contributed by atoms with Gasteiger partial charge < -0.3 is 11.5 Å². The zero-order valence-electron chi connectivity index (χ0n) is 12.2. The second-order valence-corrected chi connectivity index (χ2v) is 4.88. The monoisotopic (exact) mass is 276 g/mol. The average molecular weight is 276 g/mol. The van der Waals surface area contributed by atoms with E-state index in [1.165, 1.54) is 25.7 Å². The summed E-state index contributed by atoms with van der Waals surface area (Å²) in [7, 11) is 0. The van der Waals surface area contributed by atoms with Gasteiger partial charge in [-0.05, 0) is 18.9 Å². The van der Waals surface area contributed by atoms with Crippen LogP contribution < -0.4 is 11.5 Å². The number of nitrogens with two attached hydrogens (primary N) is 2. The van der Waals surface area contributed by atoms with Crippen molar-refractivity contribution in [3.05, 3.63) is 23.7 Å². The third kappa shape index (κ3) is 4.64. The molecule has 0 aromatic carbocycles. The van der Waals surface area contributed by atoms with Crippen molar-refractivity contribution < 1.29 is 4.79 Å². The molecule has 1 aromatic heterocycles. The molecule has 0 bridgehead atoms. The highest BCUT2D eigenvalue weighted by atomic mass is 16.1. The van der Waals surface area contributed by atoms with Gasteiger partial charge in [0, 0.05) is 5.56 Å². The van der Waals surface area contributed by atoms with E-state index in [1.807, 2.05) is 0 Å². The third-order valence-corrected chi connectivity index (χ3v) is 3.27. The van der Waals surface area contributed by atoms with Crippen molar-refractivity contribution >= 4 is 17.8 Å². The number of amides is 1. The Kier molecular flexibility index (Phi) is 6.70. The minimum Gasteiger partial charge on any atom is -0.383 e. The van der Waals surface area contributed by atoms with Crippen molar-refractivity contribution in [1.82, 2.24) is 9.97 Å². The molecule has 1 rings (SSSR count). The van der Waals surface area contributed by atoms with E-state index >= 15 is 0 Å². The van der Waals surface area contributed by atoms with Gasteiger partial charge in [-0.25, -0.2) is 9.97 Å². The number of carbonyl (C=O) groups excluding carboxylic acids is 1. The number of hydrogen-bond donors (Lipinski definition) is 2. The lowest BCUT2D eigenvalue weighted by atomic mass is 10.0. The van der Waals surface area contributed by atoms with Crippen LogP contribution in [0.25, 0.3) is 6.08 Å². The van der Waals surface area contributed by atoms with Crippen LogP contribution in [0.4, 0.5) is 5.82 Å². The third-order valence-electron chi connectivity index (χ3n) is 3.27. The van der Waals surface area contributed by atoms with Crippen LogP contribution in [-0.2, 0) is 6.42 Å². The molecular formula is C15H24N4O. The molecule has 0 saturated carbocycles. The number of primary amides is 1. The molecule has 0 aliphatic heterocycles. The predicted molar refractivity (Wildman–Crippen MR) is 82.1 cm³/mol. The summed E-state index contributed by atoms with van der Waals surface area (Å²) < 4.78 is 0. The van der Waals surface area contributed by atoms with Gasteiger partial charge in [-0.3, -0.25) is 4.79 Å². The Morgan fingerprint density at radius 1 is 1.20 bits per heavy atom. The number of rotatable bonds is 9. The maximum Gasteiger partial charge on any atom is 0.286 e. The molecule has 0 fully saturated rings. The van der Waals surface area contributed by atoms with E-state index in [0.717, 1.165) is 24.8 Å². The molecule has 0 radical (unpaired) electrons. The quantitative estimate of drug-likeness (QED) is 0.678. The molecule has 1 heterocycles. The van der Waals surface area contributed by atoms with Crippen molar-refractivity contribution in [2.45, 2.75) is 51.9 Å². The van der Waals surface area contributed by atoms with E-state index < -0.39 is 5.91 Å². The Bertz CT molecular complexity index is 471. The van der Waals surface area contributed by atoms with Gasteiger partial charge in [-0.15, -0.1) is 0 Å². The first-order valence-electron chi connectivity index (χ1n) is 7.18. The maximum absolute atomic E-state index is 11.1.